The molecule has 0 spiro atoms. The molecule has 1 aliphatic heterocycles. The number of nitrogens with zero attached hydrogens (tertiary/aromatic N) is 2. The van der Waals surface area contributed by atoms with Gasteiger partial charge in [0.2, 0.25) is 0 Å². The Hall–Kier alpha value is -3.79. The number of ether oxygens (including phenoxy) is 2. The first-order valence-corrected chi connectivity index (χ1v) is 11.1. The number of aryl methyl sites for hydroxylation is 2. The van der Waals surface area contributed by atoms with Crippen molar-refractivity contribution in [2.75, 3.05) is 31.6 Å². The van der Waals surface area contributed by atoms with Crippen LogP contribution in [0.25, 0.3) is 6.08 Å². The minimum atomic E-state index is -0.485. The first kappa shape index (κ1) is 23.9. The van der Waals surface area contributed by atoms with Gasteiger partial charge in [0.1, 0.15) is 11.6 Å². The Balaban J connectivity index is 1.75. The van der Waals surface area contributed by atoms with E-state index in [0.717, 1.165) is 37.1 Å². The summed E-state index contributed by atoms with van der Waals surface area (Å²) in [7, 11) is 0. The third kappa shape index (κ3) is 6.36. The number of hydrogen-bond acceptors (Lipinski definition) is 5. The number of nitrogens with one attached hydrogen (secondary N) is 1. The fourth-order valence-corrected chi connectivity index (χ4v) is 3.57. The van der Waals surface area contributed by atoms with Crippen LogP contribution < -0.4 is 14.8 Å². The standard InChI is InChI=1S/C26H29N3O4/c1-4-32-24-15-20(9-10-23(24)33-17-25(30)29-11-5-6-12-29)14-21(16-27)26(31)28-22-13-18(2)7-8-19(22)3/h7-10,13-15H,4-6,11-12,17H2,1-3H3,(H,28,31)/b21-14+. The van der Waals surface area contributed by atoms with Crippen LogP contribution >= 0.6 is 0 Å². The summed E-state index contributed by atoms with van der Waals surface area (Å²) in [4.78, 5) is 26.8. The maximum absolute atomic E-state index is 12.7. The molecule has 3 rings (SSSR count). The van der Waals surface area contributed by atoms with Gasteiger partial charge in [-0.1, -0.05) is 18.2 Å². The molecule has 1 aliphatic rings. The lowest BCUT2D eigenvalue weighted by Crippen LogP contribution is -2.32. The summed E-state index contributed by atoms with van der Waals surface area (Å²) in [5, 5.41) is 12.4. The lowest BCUT2D eigenvalue weighted by atomic mass is 10.1. The van der Waals surface area contributed by atoms with E-state index in [-0.39, 0.29) is 18.1 Å². The second-order valence-corrected chi connectivity index (χ2v) is 7.96. The highest BCUT2D eigenvalue weighted by molar-refractivity contribution is 6.10. The van der Waals surface area contributed by atoms with E-state index in [1.807, 2.05) is 45.0 Å². The van der Waals surface area contributed by atoms with E-state index >= 15 is 0 Å². The molecule has 0 unspecified atom stereocenters. The van der Waals surface area contributed by atoms with E-state index in [0.29, 0.717) is 29.4 Å². The minimum absolute atomic E-state index is 0.0313. The van der Waals surface area contributed by atoms with Gasteiger partial charge in [-0.05, 0) is 74.6 Å². The minimum Gasteiger partial charge on any atom is -0.490 e. The average molecular weight is 448 g/mol. The molecular formula is C26H29N3O4. The Bertz CT molecular complexity index is 1100. The van der Waals surface area contributed by atoms with Crippen LogP contribution in [0.4, 0.5) is 5.69 Å². The predicted octanol–water partition coefficient (Wildman–Crippen LogP) is 4.25. The molecule has 2 aromatic rings. The molecular weight excluding hydrogens is 418 g/mol. The molecule has 1 heterocycles. The molecule has 1 fully saturated rings. The van der Waals surface area contributed by atoms with Crippen molar-refractivity contribution in [2.24, 2.45) is 0 Å². The van der Waals surface area contributed by atoms with Crippen LogP contribution in [0.2, 0.25) is 0 Å². The summed E-state index contributed by atoms with van der Waals surface area (Å²) in [5.41, 5.74) is 3.18. The van der Waals surface area contributed by atoms with E-state index in [2.05, 4.69) is 5.32 Å². The molecule has 33 heavy (non-hydrogen) atoms. The molecule has 0 bridgehead atoms. The zero-order valence-corrected chi connectivity index (χ0v) is 19.3. The van der Waals surface area contributed by atoms with Crippen LogP contribution in [-0.4, -0.2) is 43.0 Å². The van der Waals surface area contributed by atoms with Gasteiger partial charge < -0.3 is 19.7 Å². The smallest absolute Gasteiger partial charge is 0.266 e. The molecule has 7 heteroatoms. The predicted molar refractivity (Wildman–Crippen MR) is 127 cm³/mol. The van der Waals surface area contributed by atoms with Crippen molar-refractivity contribution >= 4 is 23.6 Å². The van der Waals surface area contributed by atoms with Gasteiger partial charge in [-0.25, -0.2) is 0 Å². The SMILES string of the molecule is CCOc1cc(/C=C(\C#N)C(=O)Nc2cc(C)ccc2C)ccc1OCC(=O)N1CCCC1. The van der Waals surface area contributed by atoms with E-state index in [4.69, 9.17) is 9.47 Å². The zero-order valence-electron chi connectivity index (χ0n) is 19.3. The van der Waals surface area contributed by atoms with Crippen molar-refractivity contribution in [1.82, 2.24) is 4.90 Å². The van der Waals surface area contributed by atoms with Crippen molar-refractivity contribution < 1.29 is 19.1 Å². The number of rotatable bonds is 8. The monoisotopic (exact) mass is 447 g/mol. The summed E-state index contributed by atoms with van der Waals surface area (Å²) < 4.78 is 11.4. The van der Waals surface area contributed by atoms with E-state index in [9.17, 15) is 14.9 Å². The molecule has 172 valence electrons. The average Bonchev–Trinajstić information content (AvgIpc) is 3.34. The number of carbonyl (C=O) groups is 2. The fourth-order valence-electron chi connectivity index (χ4n) is 3.57. The molecule has 0 aromatic heterocycles. The van der Waals surface area contributed by atoms with Crippen LogP contribution in [0, 0.1) is 25.2 Å². The van der Waals surface area contributed by atoms with Crippen LogP contribution in [-0.2, 0) is 9.59 Å². The maximum atomic E-state index is 12.7. The summed E-state index contributed by atoms with van der Waals surface area (Å²) in [5.74, 6) is 0.363. The number of carbonyl (C=O) groups excluding carboxylic acids is 2. The summed E-state index contributed by atoms with van der Waals surface area (Å²) in [6, 6.07) is 12.8. The van der Waals surface area contributed by atoms with E-state index < -0.39 is 5.91 Å². The van der Waals surface area contributed by atoms with Gasteiger partial charge >= 0.3 is 0 Å². The van der Waals surface area contributed by atoms with Gasteiger partial charge in [-0.3, -0.25) is 9.59 Å². The second-order valence-electron chi connectivity index (χ2n) is 7.96. The Labute approximate surface area is 194 Å². The first-order chi connectivity index (χ1) is 15.9. The van der Waals surface area contributed by atoms with Crippen molar-refractivity contribution in [3.63, 3.8) is 0 Å². The molecule has 2 aromatic carbocycles. The van der Waals surface area contributed by atoms with Crippen molar-refractivity contribution in [1.29, 1.82) is 5.26 Å². The highest BCUT2D eigenvalue weighted by Gasteiger charge is 2.19. The number of amides is 2. The lowest BCUT2D eigenvalue weighted by molar-refractivity contribution is -0.132. The van der Waals surface area contributed by atoms with E-state index in [1.54, 1.807) is 23.1 Å². The van der Waals surface area contributed by atoms with Gasteiger partial charge in [0.15, 0.2) is 18.1 Å². The summed E-state index contributed by atoms with van der Waals surface area (Å²) in [6.07, 6.45) is 3.55. The summed E-state index contributed by atoms with van der Waals surface area (Å²) >= 11 is 0. The maximum Gasteiger partial charge on any atom is 0.266 e. The van der Waals surface area contributed by atoms with Crippen molar-refractivity contribution in [2.45, 2.75) is 33.6 Å². The van der Waals surface area contributed by atoms with Crippen LogP contribution in [0.1, 0.15) is 36.5 Å². The molecule has 0 aliphatic carbocycles. The van der Waals surface area contributed by atoms with Crippen LogP contribution in [0.15, 0.2) is 42.0 Å². The number of likely N-dealkylation sites (tertiary alicyclic amines) is 1. The Morgan fingerprint density at radius 2 is 1.85 bits per heavy atom. The third-order valence-corrected chi connectivity index (χ3v) is 5.39. The molecule has 1 N–H and O–H groups in total. The normalized spacial score (nSPS) is 13.4. The molecule has 0 atom stereocenters. The van der Waals surface area contributed by atoms with Gasteiger partial charge in [-0.15, -0.1) is 0 Å². The second kappa shape index (κ2) is 11.2. The third-order valence-electron chi connectivity index (χ3n) is 5.39. The number of anilines is 1. The number of benzene rings is 2. The summed E-state index contributed by atoms with van der Waals surface area (Å²) in [6.45, 7) is 7.57. The lowest BCUT2D eigenvalue weighted by Gasteiger charge is -2.17. The Kier molecular flexibility index (Phi) is 8.09. The Morgan fingerprint density at radius 3 is 2.55 bits per heavy atom. The van der Waals surface area contributed by atoms with Crippen LogP contribution in [0.3, 0.4) is 0 Å². The molecule has 0 saturated carbocycles. The first-order valence-electron chi connectivity index (χ1n) is 11.1. The molecule has 0 radical (unpaired) electrons. The topological polar surface area (TPSA) is 91.7 Å². The van der Waals surface area contributed by atoms with Crippen molar-refractivity contribution in [3.05, 3.63) is 58.7 Å². The number of hydrogen-bond donors (Lipinski definition) is 1. The molecule has 1 saturated heterocycles. The largest absolute Gasteiger partial charge is 0.490 e. The van der Waals surface area contributed by atoms with E-state index in [1.165, 1.54) is 6.08 Å². The fraction of sp³-hybridized carbons (Fsp3) is 0.346. The highest BCUT2D eigenvalue weighted by Crippen LogP contribution is 2.30. The number of nitriles is 1. The van der Waals surface area contributed by atoms with Crippen molar-refractivity contribution in [3.8, 4) is 17.6 Å². The molecule has 2 amide bonds. The van der Waals surface area contributed by atoms with Crippen LogP contribution in [0.5, 0.6) is 11.5 Å². The quantitative estimate of drug-likeness (QED) is 0.483. The highest BCUT2D eigenvalue weighted by atomic mass is 16.5. The zero-order chi connectivity index (χ0) is 23.8. The van der Waals surface area contributed by atoms with Gasteiger partial charge in [0.25, 0.3) is 11.8 Å². The van der Waals surface area contributed by atoms with Gasteiger partial charge in [0.05, 0.1) is 6.61 Å². The van der Waals surface area contributed by atoms with Gasteiger partial charge in [-0.2, -0.15) is 5.26 Å². The molecule has 7 nitrogen and oxygen atoms in total. The van der Waals surface area contributed by atoms with Gasteiger partial charge in [0, 0.05) is 18.8 Å². The Morgan fingerprint density at radius 1 is 1.09 bits per heavy atom.